The summed E-state index contributed by atoms with van der Waals surface area (Å²) in [6, 6.07) is 17.7. The Morgan fingerprint density at radius 2 is 1.61 bits per heavy atom. The van der Waals surface area contributed by atoms with E-state index in [9.17, 15) is 9.90 Å². The summed E-state index contributed by atoms with van der Waals surface area (Å²) >= 11 is 0. The Morgan fingerprint density at radius 3 is 2.30 bits per heavy atom. The number of carbonyl (C=O) groups excluding carboxylic acids is 1. The van der Waals surface area contributed by atoms with Crippen molar-refractivity contribution in [3.05, 3.63) is 77.4 Å². The van der Waals surface area contributed by atoms with Crippen molar-refractivity contribution in [2.24, 2.45) is 15.3 Å². The molecule has 3 aromatic carbocycles. The van der Waals surface area contributed by atoms with Crippen LogP contribution < -0.4 is 14.9 Å². The van der Waals surface area contributed by atoms with Crippen molar-refractivity contribution in [1.29, 1.82) is 0 Å². The van der Waals surface area contributed by atoms with Gasteiger partial charge in [0.2, 0.25) is 0 Å². The normalized spacial score (nSPS) is 11.1. The van der Waals surface area contributed by atoms with Gasteiger partial charge in [0.15, 0.2) is 18.1 Å². The third-order valence-corrected chi connectivity index (χ3v) is 4.68. The number of azo groups is 1. The largest absolute Gasteiger partial charge is 0.507 e. The maximum absolute atomic E-state index is 12.1. The minimum Gasteiger partial charge on any atom is -0.507 e. The van der Waals surface area contributed by atoms with Crippen LogP contribution in [0.2, 0.25) is 0 Å². The van der Waals surface area contributed by atoms with Crippen LogP contribution in [0, 0.1) is 13.8 Å². The molecule has 0 aliphatic carbocycles. The Morgan fingerprint density at radius 1 is 0.939 bits per heavy atom. The zero-order chi connectivity index (χ0) is 23.6. The number of para-hydroxylation sites is 2. The minimum absolute atomic E-state index is 0.0000195. The molecule has 0 unspecified atom stereocenters. The zero-order valence-electron chi connectivity index (χ0n) is 18.8. The number of phenolic OH excluding ortho intramolecular Hbond substituents is 1. The number of benzene rings is 3. The molecule has 0 bridgehead atoms. The van der Waals surface area contributed by atoms with E-state index in [-0.39, 0.29) is 12.4 Å². The smallest absolute Gasteiger partial charge is 0.277 e. The lowest BCUT2D eigenvalue weighted by Crippen LogP contribution is -2.24. The van der Waals surface area contributed by atoms with Crippen LogP contribution >= 0.6 is 0 Å². The first-order valence-corrected chi connectivity index (χ1v) is 10.4. The molecule has 0 aliphatic rings. The molecule has 0 saturated carbocycles. The number of carbonyl (C=O) groups is 1. The fourth-order valence-electron chi connectivity index (χ4n) is 2.80. The van der Waals surface area contributed by atoms with Crippen LogP contribution in [0.25, 0.3) is 0 Å². The molecule has 170 valence electrons. The summed E-state index contributed by atoms with van der Waals surface area (Å²) in [4.78, 5) is 12.1. The van der Waals surface area contributed by atoms with Crippen molar-refractivity contribution in [2.75, 3.05) is 13.2 Å². The second-order valence-corrected chi connectivity index (χ2v) is 7.17. The number of ether oxygens (including phenoxy) is 2. The molecule has 0 aliphatic heterocycles. The van der Waals surface area contributed by atoms with Crippen LogP contribution in [0.5, 0.6) is 17.2 Å². The molecule has 8 nitrogen and oxygen atoms in total. The number of amides is 1. The Hall–Kier alpha value is -4.20. The molecular weight excluding hydrogens is 420 g/mol. The second kappa shape index (κ2) is 11.4. The molecule has 0 fully saturated rings. The van der Waals surface area contributed by atoms with Gasteiger partial charge in [-0.25, -0.2) is 5.43 Å². The number of aryl methyl sites for hydroxylation is 2. The van der Waals surface area contributed by atoms with Crippen molar-refractivity contribution in [3.63, 3.8) is 0 Å². The third kappa shape index (κ3) is 6.90. The van der Waals surface area contributed by atoms with E-state index in [0.717, 1.165) is 11.3 Å². The Labute approximate surface area is 192 Å². The standard InChI is InChI=1S/C25H26N4O4/c1-4-32-23-7-5-6-8-24(23)33-16-25(31)29-26-15-19-14-21(11-12-22(19)30)28-27-20-10-9-17(2)18(3)13-20/h5-15,30H,4,16H2,1-3H3,(H,29,31). The topological polar surface area (TPSA) is 105 Å². The van der Waals surface area contributed by atoms with Gasteiger partial charge in [-0.15, -0.1) is 0 Å². The van der Waals surface area contributed by atoms with Crippen molar-refractivity contribution in [2.45, 2.75) is 20.8 Å². The quantitative estimate of drug-likeness (QED) is 0.262. The molecule has 3 rings (SSSR count). The van der Waals surface area contributed by atoms with E-state index in [1.165, 1.54) is 17.8 Å². The van der Waals surface area contributed by atoms with E-state index in [4.69, 9.17) is 9.47 Å². The molecular formula is C25H26N4O4. The second-order valence-electron chi connectivity index (χ2n) is 7.17. The molecule has 3 aromatic rings. The molecule has 33 heavy (non-hydrogen) atoms. The van der Waals surface area contributed by atoms with Crippen LogP contribution in [0.4, 0.5) is 11.4 Å². The summed E-state index contributed by atoms with van der Waals surface area (Å²) in [6.45, 7) is 6.17. The van der Waals surface area contributed by atoms with Gasteiger partial charge in [0.05, 0.1) is 24.2 Å². The van der Waals surface area contributed by atoms with Gasteiger partial charge < -0.3 is 14.6 Å². The van der Waals surface area contributed by atoms with Crippen molar-refractivity contribution >= 4 is 23.5 Å². The van der Waals surface area contributed by atoms with Gasteiger partial charge in [0.25, 0.3) is 5.91 Å². The summed E-state index contributed by atoms with van der Waals surface area (Å²) in [5.74, 6) is 0.577. The zero-order valence-corrected chi connectivity index (χ0v) is 18.8. The lowest BCUT2D eigenvalue weighted by atomic mass is 10.1. The minimum atomic E-state index is -0.456. The number of hydrogen-bond acceptors (Lipinski definition) is 7. The fraction of sp³-hybridized carbons (Fsp3) is 0.200. The number of rotatable bonds is 9. The monoisotopic (exact) mass is 446 g/mol. The van der Waals surface area contributed by atoms with E-state index in [2.05, 4.69) is 20.8 Å². The van der Waals surface area contributed by atoms with E-state index in [0.29, 0.717) is 29.4 Å². The summed E-state index contributed by atoms with van der Waals surface area (Å²) in [7, 11) is 0. The predicted molar refractivity (Wildman–Crippen MR) is 127 cm³/mol. The van der Waals surface area contributed by atoms with E-state index < -0.39 is 5.91 Å². The van der Waals surface area contributed by atoms with Gasteiger partial charge in [-0.1, -0.05) is 18.2 Å². The first kappa shape index (κ1) is 23.5. The molecule has 0 atom stereocenters. The average Bonchev–Trinajstić information content (AvgIpc) is 2.81. The molecule has 0 spiro atoms. The van der Waals surface area contributed by atoms with Crippen molar-refractivity contribution in [1.82, 2.24) is 5.43 Å². The third-order valence-electron chi connectivity index (χ3n) is 4.68. The molecule has 0 saturated heterocycles. The van der Waals surface area contributed by atoms with Crippen LogP contribution in [-0.2, 0) is 4.79 Å². The number of phenols is 1. The average molecular weight is 447 g/mol. The van der Waals surface area contributed by atoms with Crippen LogP contribution in [0.3, 0.4) is 0 Å². The predicted octanol–water partition coefficient (Wildman–Crippen LogP) is 5.35. The Balaban J connectivity index is 1.59. The highest BCUT2D eigenvalue weighted by atomic mass is 16.5. The van der Waals surface area contributed by atoms with Crippen molar-refractivity contribution < 1.29 is 19.4 Å². The van der Waals surface area contributed by atoms with Gasteiger partial charge in [0, 0.05) is 5.56 Å². The SMILES string of the molecule is CCOc1ccccc1OCC(=O)NN=Cc1cc(N=Nc2ccc(C)c(C)c2)ccc1O. The highest BCUT2D eigenvalue weighted by Gasteiger charge is 2.07. The van der Waals surface area contributed by atoms with Gasteiger partial charge in [-0.2, -0.15) is 15.3 Å². The maximum Gasteiger partial charge on any atom is 0.277 e. The first-order valence-electron chi connectivity index (χ1n) is 10.4. The lowest BCUT2D eigenvalue weighted by Gasteiger charge is -2.10. The van der Waals surface area contributed by atoms with Gasteiger partial charge in [-0.05, 0) is 74.4 Å². The van der Waals surface area contributed by atoms with E-state index >= 15 is 0 Å². The highest BCUT2D eigenvalue weighted by Crippen LogP contribution is 2.26. The Bertz CT molecular complexity index is 1170. The lowest BCUT2D eigenvalue weighted by molar-refractivity contribution is -0.123. The summed E-state index contributed by atoms with van der Waals surface area (Å²) in [6.07, 6.45) is 1.33. The van der Waals surface area contributed by atoms with Crippen LogP contribution in [0.1, 0.15) is 23.6 Å². The van der Waals surface area contributed by atoms with Gasteiger partial charge >= 0.3 is 0 Å². The number of nitrogens with zero attached hydrogens (tertiary/aromatic N) is 3. The molecule has 8 heteroatoms. The first-order chi connectivity index (χ1) is 16.0. The number of nitrogens with one attached hydrogen (secondary N) is 1. The number of hydrazone groups is 1. The summed E-state index contributed by atoms with van der Waals surface area (Å²) in [5.41, 5.74) is 6.34. The maximum atomic E-state index is 12.1. The fourth-order valence-corrected chi connectivity index (χ4v) is 2.80. The molecule has 0 heterocycles. The Kier molecular flexibility index (Phi) is 8.13. The van der Waals surface area contributed by atoms with E-state index in [1.807, 2.05) is 45.0 Å². The molecule has 2 N–H and O–H groups in total. The molecule has 0 radical (unpaired) electrons. The van der Waals surface area contributed by atoms with Crippen LogP contribution in [0.15, 0.2) is 76.0 Å². The summed E-state index contributed by atoms with van der Waals surface area (Å²) < 4.78 is 11.0. The van der Waals surface area contributed by atoms with Crippen LogP contribution in [-0.4, -0.2) is 30.4 Å². The molecule has 0 aromatic heterocycles. The summed E-state index contributed by atoms with van der Waals surface area (Å²) in [5, 5.41) is 22.4. The number of hydrogen-bond donors (Lipinski definition) is 2. The number of aromatic hydroxyl groups is 1. The van der Waals surface area contributed by atoms with E-state index in [1.54, 1.807) is 30.3 Å². The van der Waals surface area contributed by atoms with Gasteiger partial charge in [-0.3, -0.25) is 4.79 Å². The van der Waals surface area contributed by atoms with Gasteiger partial charge in [0.1, 0.15) is 5.75 Å². The highest BCUT2D eigenvalue weighted by molar-refractivity contribution is 5.86. The van der Waals surface area contributed by atoms with Crippen molar-refractivity contribution in [3.8, 4) is 17.2 Å². The molecule has 1 amide bonds.